The molecule has 1 heteroatoms. The molecule has 0 radical (unpaired) electrons. The van der Waals surface area contributed by atoms with Crippen molar-refractivity contribution in [3.05, 3.63) is 35.4 Å². The molecule has 1 aromatic rings. The highest BCUT2D eigenvalue weighted by Gasteiger charge is 2.21. The average Bonchev–Trinajstić information content (AvgIpc) is 2.96. The van der Waals surface area contributed by atoms with Crippen LogP contribution in [0.3, 0.4) is 0 Å². The predicted molar refractivity (Wildman–Crippen MR) is 62.9 cm³/mol. The molecule has 0 unspecified atom stereocenters. The van der Waals surface area contributed by atoms with Crippen LogP contribution in [0.4, 0.5) is 0 Å². The van der Waals surface area contributed by atoms with Crippen LogP contribution < -0.4 is 5.32 Å². The summed E-state index contributed by atoms with van der Waals surface area (Å²) in [6.45, 7) is 1.06. The second kappa shape index (κ2) is 3.97. The Labute approximate surface area is 91.9 Å². The largest absolute Gasteiger partial charge is 0.310 e. The fourth-order valence-corrected chi connectivity index (χ4v) is 2.25. The quantitative estimate of drug-likeness (QED) is 0.788. The summed E-state index contributed by atoms with van der Waals surface area (Å²) in [6, 6.07) is 9.98. The molecule has 1 nitrogen and oxygen atoms in total. The minimum absolute atomic E-state index is 0.817. The lowest BCUT2D eigenvalue weighted by molar-refractivity contribution is 0.419. The lowest BCUT2D eigenvalue weighted by Crippen LogP contribution is -2.16. The first kappa shape index (κ1) is 9.41. The van der Waals surface area contributed by atoms with E-state index in [-0.39, 0.29) is 0 Å². The zero-order valence-electron chi connectivity index (χ0n) is 9.21. The number of hydrogen-bond acceptors (Lipinski definition) is 1. The number of benzene rings is 1. The fraction of sp³-hybridized carbons (Fsp3) is 0.571. The SMILES string of the molecule is c1cc(CNC2CC2)cc(C2CCC2)c1. The van der Waals surface area contributed by atoms with Crippen LogP contribution in [0.25, 0.3) is 0 Å². The normalized spacial score (nSPS) is 21.3. The standard InChI is InChI=1S/C14H19N/c1-3-11(10-15-14-7-8-14)9-13(6-1)12-4-2-5-12/h1,3,6,9,12,14-15H,2,4-5,7-8,10H2. The molecule has 15 heavy (non-hydrogen) atoms. The van der Waals surface area contributed by atoms with Gasteiger partial charge in [-0.1, -0.05) is 30.7 Å². The third kappa shape index (κ3) is 2.23. The first-order valence-electron chi connectivity index (χ1n) is 6.24. The van der Waals surface area contributed by atoms with E-state index >= 15 is 0 Å². The Kier molecular flexibility index (Phi) is 2.49. The van der Waals surface area contributed by atoms with Crippen LogP contribution in [-0.2, 0) is 6.54 Å². The number of nitrogens with one attached hydrogen (secondary N) is 1. The molecular weight excluding hydrogens is 182 g/mol. The molecule has 2 saturated carbocycles. The van der Waals surface area contributed by atoms with Crippen molar-refractivity contribution in [1.82, 2.24) is 5.32 Å². The Morgan fingerprint density at radius 1 is 1.13 bits per heavy atom. The first-order valence-corrected chi connectivity index (χ1v) is 6.24. The smallest absolute Gasteiger partial charge is 0.0208 e. The summed E-state index contributed by atoms with van der Waals surface area (Å²) in [4.78, 5) is 0. The molecule has 2 aliphatic carbocycles. The zero-order chi connectivity index (χ0) is 10.1. The van der Waals surface area contributed by atoms with Crippen molar-refractivity contribution in [2.75, 3.05) is 0 Å². The maximum Gasteiger partial charge on any atom is 0.0208 e. The first-order chi connectivity index (χ1) is 7.42. The molecule has 2 aliphatic rings. The lowest BCUT2D eigenvalue weighted by atomic mass is 9.80. The van der Waals surface area contributed by atoms with Gasteiger partial charge >= 0.3 is 0 Å². The molecule has 0 aromatic heterocycles. The Bertz CT molecular complexity index is 337. The summed E-state index contributed by atoms with van der Waals surface area (Å²) in [5, 5.41) is 3.58. The summed E-state index contributed by atoms with van der Waals surface area (Å²) >= 11 is 0. The van der Waals surface area contributed by atoms with Gasteiger partial charge in [-0.05, 0) is 42.7 Å². The van der Waals surface area contributed by atoms with Crippen molar-refractivity contribution in [2.24, 2.45) is 0 Å². The van der Waals surface area contributed by atoms with Gasteiger partial charge in [0.2, 0.25) is 0 Å². The van der Waals surface area contributed by atoms with Gasteiger partial charge in [0, 0.05) is 12.6 Å². The van der Waals surface area contributed by atoms with Gasteiger partial charge in [0.05, 0.1) is 0 Å². The highest BCUT2D eigenvalue weighted by Crippen LogP contribution is 2.36. The molecule has 1 aromatic carbocycles. The minimum Gasteiger partial charge on any atom is -0.310 e. The third-order valence-electron chi connectivity index (χ3n) is 3.70. The van der Waals surface area contributed by atoms with E-state index < -0.39 is 0 Å². The van der Waals surface area contributed by atoms with Crippen LogP contribution in [0.2, 0.25) is 0 Å². The molecule has 1 N–H and O–H groups in total. The van der Waals surface area contributed by atoms with Gasteiger partial charge in [0.15, 0.2) is 0 Å². The van der Waals surface area contributed by atoms with Crippen LogP contribution in [0.15, 0.2) is 24.3 Å². The van der Waals surface area contributed by atoms with E-state index in [1.165, 1.54) is 37.7 Å². The Morgan fingerprint density at radius 3 is 2.67 bits per heavy atom. The second-order valence-corrected chi connectivity index (χ2v) is 5.03. The summed E-state index contributed by atoms with van der Waals surface area (Å²) in [6.07, 6.45) is 6.98. The van der Waals surface area contributed by atoms with Crippen LogP contribution in [-0.4, -0.2) is 6.04 Å². The second-order valence-electron chi connectivity index (χ2n) is 5.03. The fourth-order valence-electron chi connectivity index (χ4n) is 2.25. The highest BCUT2D eigenvalue weighted by molar-refractivity contribution is 5.27. The van der Waals surface area contributed by atoms with Gasteiger partial charge in [0.25, 0.3) is 0 Å². The van der Waals surface area contributed by atoms with Gasteiger partial charge in [-0.15, -0.1) is 0 Å². The molecule has 2 fully saturated rings. The molecule has 0 heterocycles. The molecular formula is C14H19N. The molecule has 0 atom stereocenters. The Morgan fingerprint density at radius 2 is 2.00 bits per heavy atom. The molecule has 0 amide bonds. The van der Waals surface area contributed by atoms with Crippen molar-refractivity contribution in [3.8, 4) is 0 Å². The molecule has 0 spiro atoms. The van der Waals surface area contributed by atoms with Crippen LogP contribution >= 0.6 is 0 Å². The minimum atomic E-state index is 0.817. The van der Waals surface area contributed by atoms with E-state index in [9.17, 15) is 0 Å². The highest BCUT2D eigenvalue weighted by atomic mass is 14.9. The van der Waals surface area contributed by atoms with Gasteiger partial charge in [-0.3, -0.25) is 0 Å². The Balaban J connectivity index is 1.65. The van der Waals surface area contributed by atoms with Crippen molar-refractivity contribution >= 4 is 0 Å². The van der Waals surface area contributed by atoms with Crippen LogP contribution in [0, 0.1) is 0 Å². The van der Waals surface area contributed by atoms with E-state index in [0.717, 1.165) is 18.5 Å². The van der Waals surface area contributed by atoms with Crippen LogP contribution in [0.1, 0.15) is 49.1 Å². The molecule has 3 rings (SSSR count). The number of rotatable bonds is 4. The van der Waals surface area contributed by atoms with Crippen molar-refractivity contribution in [3.63, 3.8) is 0 Å². The topological polar surface area (TPSA) is 12.0 Å². The van der Waals surface area contributed by atoms with E-state index in [2.05, 4.69) is 29.6 Å². The van der Waals surface area contributed by atoms with E-state index in [4.69, 9.17) is 0 Å². The summed E-state index contributed by atoms with van der Waals surface area (Å²) < 4.78 is 0. The van der Waals surface area contributed by atoms with E-state index in [0.29, 0.717) is 0 Å². The number of hydrogen-bond donors (Lipinski definition) is 1. The average molecular weight is 201 g/mol. The summed E-state index contributed by atoms with van der Waals surface area (Å²) in [5.41, 5.74) is 3.03. The Hall–Kier alpha value is -0.820. The van der Waals surface area contributed by atoms with Crippen molar-refractivity contribution < 1.29 is 0 Å². The van der Waals surface area contributed by atoms with Gasteiger partial charge < -0.3 is 5.32 Å². The molecule has 0 saturated heterocycles. The van der Waals surface area contributed by atoms with E-state index in [1.807, 2.05) is 0 Å². The van der Waals surface area contributed by atoms with Gasteiger partial charge in [0.1, 0.15) is 0 Å². The monoisotopic (exact) mass is 201 g/mol. The maximum absolute atomic E-state index is 3.58. The zero-order valence-corrected chi connectivity index (χ0v) is 9.21. The van der Waals surface area contributed by atoms with Gasteiger partial charge in [-0.2, -0.15) is 0 Å². The van der Waals surface area contributed by atoms with Crippen LogP contribution in [0.5, 0.6) is 0 Å². The maximum atomic E-state index is 3.58. The molecule has 0 aliphatic heterocycles. The van der Waals surface area contributed by atoms with Crippen molar-refractivity contribution in [2.45, 2.75) is 50.6 Å². The van der Waals surface area contributed by atoms with E-state index in [1.54, 1.807) is 5.56 Å². The third-order valence-corrected chi connectivity index (χ3v) is 3.70. The predicted octanol–water partition coefficient (Wildman–Crippen LogP) is 3.21. The summed E-state index contributed by atoms with van der Waals surface area (Å²) in [7, 11) is 0. The molecule has 0 bridgehead atoms. The lowest BCUT2D eigenvalue weighted by Gasteiger charge is -2.26. The summed E-state index contributed by atoms with van der Waals surface area (Å²) in [5.74, 6) is 0.867. The van der Waals surface area contributed by atoms with Crippen molar-refractivity contribution in [1.29, 1.82) is 0 Å². The molecule has 80 valence electrons. The van der Waals surface area contributed by atoms with Gasteiger partial charge in [-0.25, -0.2) is 0 Å².